The van der Waals surface area contributed by atoms with Crippen LogP contribution in [0.5, 0.6) is 11.5 Å². The Hall–Kier alpha value is -5.76. The molecule has 5 aromatic carbocycles. The Labute approximate surface area is 255 Å². The molecule has 0 unspecified atom stereocenters. The second-order valence-electron chi connectivity index (χ2n) is 10.1. The summed E-state index contributed by atoms with van der Waals surface area (Å²) >= 11 is 0. The molecule has 44 heavy (non-hydrogen) atoms. The van der Waals surface area contributed by atoms with Gasteiger partial charge in [0, 0.05) is 5.39 Å². The number of rotatable bonds is 11. The van der Waals surface area contributed by atoms with E-state index in [0.29, 0.717) is 41.2 Å². The Balaban J connectivity index is 1.36. The molecule has 5 rings (SSSR count). The maximum absolute atomic E-state index is 13.4. The lowest BCUT2D eigenvalue weighted by atomic mass is 10.00. The van der Waals surface area contributed by atoms with Crippen LogP contribution in [0.4, 0.5) is 21.9 Å². The van der Waals surface area contributed by atoms with Crippen molar-refractivity contribution < 1.29 is 24.2 Å². The monoisotopic (exact) mass is 587 g/mol. The minimum absolute atomic E-state index is 0.0845. The third-order valence-corrected chi connectivity index (χ3v) is 6.96. The van der Waals surface area contributed by atoms with Gasteiger partial charge in [0.25, 0.3) is 0 Å². The SMILES string of the molecule is Nc1ccccc1NC(=O)/C=C/CC[C@H](Oc1ccccc1)[C@@H](OC(=O)Nc1cccc2ccccc12)c1ccc(O)cc1. The zero-order valence-electron chi connectivity index (χ0n) is 23.9. The van der Waals surface area contributed by atoms with Gasteiger partial charge in [-0.15, -0.1) is 0 Å². The van der Waals surface area contributed by atoms with Gasteiger partial charge >= 0.3 is 6.09 Å². The number of hydrogen-bond acceptors (Lipinski definition) is 6. The Morgan fingerprint density at radius 1 is 0.773 bits per heavy atom. The Kier molecular flexibility index (Phi) is 9.74. The van der Waals surface area contributed by atoms with Crippen LogP contribution in [-0.4, -0.2) is 23.2 Å². The highest BCUT2D eigenvalue weighted by atomic mass is 16.6. The summed E-state index contributed by atoms with van der Waals surface area (Å²) in [5.41, 5.74) is 8.19. The Morgan fingerprint density at radius 2 is 1.45 bits per heavy atom. The number of phenolic OH excluding ortho intramolecular Hbond substituents is 1. The quantitative estimate of drug-likeness (QED) is 0.0922. The van der Waals surface area contributed by atoms with E-state index in [9.17, 15) is 14.7 Å². The molecule has 0 radical (unpaired) electrons. The first-order valence-corrected chi connectivity index (χ1v) is 14.2. The van der Waals surface area contributed by atoms with E-state index < -0.39 is 18.3 Å². The smallest absolute Gasteiger partial charge is 0.412 e. The van der Waals surface area contributed by atoms with Crippen molar-refractivity contribution in [3.05, 3.63) is 139 Å². The molecule has 2 amide bonds. The maximum Gasteiger partial charge on any atom is 0.412 e. The summed E-state index contributed by atoms with van der Waals surface area (Å²) in [6, 6.07) is 36.1. The molecule has 0 aromatic heterocycles. The van der Waals surface area contributed by atoms with Gasteiger partial charge < -0.3 is 25.6 Å². The molecule has 5 aromatic rings. The number of phenols is 1. The highest BCUT2D eigenvalue weighted by Gasteiger charge is 2.29. The number of anilines is 3. The number of allylic oxidation sites excluding steroid dienone is 1. The van der Waals surface area contributed by atoms with Crippen LogP contribution in [0.1, 0.15) is 24.5 Å². The number of nitrogen functional groups attached to an aromatic ring is 1. The van der Waals surface area contributed by atoms with Crippen molar-refractivity contribution in [1.29, 1.82) is 0 Å². The topological polar surface area (TPSA) is 123 Å². The minimum Gasteiger partial charge on any atom is -0.508 e. The number of ether oxygens (including phenoxy) is 2. The van der Waals surface area contributed by atoms with Crippen LogP contribution in [0.2, 0.25) is 0 Å². The van der Waals surface area contributed by atoms with Crippen LogP contribution < -0.4 is 21.1 Å². The van der Waals surface area contributed by atoms with Gasteiger partial charge in [-0.1, -0.05) is 84.9 Å². The summed E-state index contributed by atoms with van der Waals surface area (Å²) in [4.78, 5) is 25.9. The van der Waals surface area contributed by atoms with E-state index in [-0.39, 0.29) is 11.7 Å². The second-order valence-corrected chi connectivity index (χ2v) is 10.1. The molecule has 0 aliphatic carbocycles. The van der Waals surface area contributed by atoms with Crippen molar-refractivity contribution >= 4 is 39.8 Å². The van der Waals surface area contributed by atoms with Gasteiger partial charge in [-0.25, -0.2) is 4.79 Å². The highest BCUT2D eigenvalue weighted by molar-refractivity contribution is 6.01. The molecule has 0 fully saturated rings. The van der Waals surface area contributed by atoms with Gasteiger partial charge in [-0.2, -0.15) is 0 Å². The summed E-state index contributed by atoms with van der Waals surface area (Å²) in [5, 5.41) is 17.4. The number of carbonyl (C=O) groups is 2. The molecule has 8 heteroatoms. The predicted octanol–water partition coefficient (Wildman–Crippen LogP) is 7.84. The third kappa shape index (κ3) is 7.95. The van der Waals surface area contributed by atoms with E-state index in [2.05, 4.69) is 10.6 Å². The third-order valence-electron chi connectivity index (χ3n) is 6.96. The Bertz CT molecular complexity index is 1730. The van der Waals surface area contributed by atoms with Crippen molar-refractivity contribution in [2.24, 2.45) is 0 Å². The van der Waals surface area contributed by atoms with E-state index in [1.165, 1.54) is 18.2 Å². The van der Waals surface area contributed by atoms with Crippen molar-refractivity contribution in [2.45, 2.75) is 25.0 Å². The fourth-order valence-corrected chi connectivity index (χ4v) is 4.79. The molecular formula is C36H33N3O5. The number of para-hydroxylation sites is 3. The van der Waals surface area contributed by atoms with Gasteiger partial charge in [0.05, 0.1) is 17.1 Å². The lowest BCUT2D eigenvalue weighted by Crippen LogP contribution is -2.31. The number of carbonyl (C=O) groups excluding carboxylic acids is 2. The number of nitrogens with two attached hydrogens (primary N) is 1. The fraction of sp³-hybridized carbons (Fsp3) is 0.111. The van der Waals surface area contributed by atoms with Crippen LogP contribution >= 0.6 is 0 Å². The van der Waals surface area contributed by atoms with Crippen LogP contribution in [0.3, 0.4) is 0 Å². The lowest BCUT2D eigenvalue weighted by Gasteiger charge is -2.28. The lowest BCUT2D eigenvalue weighted by molar-refractivity contribution is -0.111. The first-order chi connectivity index (χ1) is 21.5. The van der Waals surface area contributed by atoms with E-state index in [4.69, 9.17) is 15.2 Å². The van der Waals surface area contributed by atoms with Crippen molar-refractivity contribution in [3.63, 3.8) is 0 Å². The number of fused-ring (bicyclic) bond motifs is 1. The molecule has 222 valence electrons. The van der Waals surface area contributed by atoms with Crippen molar-refractivity contribution in [3.8, 4) is 11.5 Å². The zero-order valence-corrected chi connectivity index (χ0v) is 23.9. The molecule has 8 nitrogen and oxygen atoms in total. The zero-order chi connectivity index (χ0) is 30.7. The van der Waals surface area contributed by atoms with E-state index >= 15 is 0 Å². The Morgan fingerprint density at radius 3 is 2.25 bits per heavy atom. The van der Waals surface area contributed by atoms with Crippen LogP contribution in [-0.2, 0) is 9.53 Å². The molecule has 5 N–H and O–H groups in total. The standard InChI is InChI=1S/C36H33N3O5/c37-30-16-6-7-17-32(30)38-34(41)20-9-8-19-33(43-28-13-2-1-3-14-28)35(26-21-23-27(40)24-22-26)44-36(42)39-31-18-10-12-25-11-4-5-15-29(25)31/h1-7,9-18,20-24,33,35,40H,8,19,37H2,(H,38,41)(H,39,42)/b20-9+/t33-,35-/m0/s1. The first kappa shape index (κ1) is 29.7. The average Bonchev–Trinajstić information content (AvgIpc) is 3.04. The molecule has 0 saturated heterocycles. The summed E-state index contributed by atoms with van der Waals surface area (Å²) in [5.74, 6) is 0.367. The molecule has 0 spiro atoms. The number of benzene rings is 5. The maximum atomic E-state index is 13.4. The minimum atomic E-state index is -0.850. The summed E-state index contributed by atoms with van der Waals surface area (Å²) in [7, 11) is 0. The van der Waals surface area contributed by atoms with Crippen LogP contribution in [0.25, 0.3) is 10.8 Å². The van der Waals surface area contributed by atoms with E-state index in [0.717, 1.165) is 10.8 Å². The van der Waals surface area contributed by atoms with Gasteiger partial charge in [0.2, 0.25) is 5.91 Å². The van der Waals surface area contributed by atoms with Crippen molar-refractivity contribution in [2.75, 3.05) is 16.4 Å². The van der Waals surface area contributed by atoms with Crippen molar-refractivity contribution in [1.82, 2.24) is 0 Å². The highest BCUT2D eigenvalue weighted by Crippen LogP contribution is 2.31. The van der Waals surface area contributed by atoms with Crippen LogP contribution in [0.15, 0.2) is 133 Å². The number of aromatic hydroxyl groups is 1. The molecule has 0 heterocycles. The largest absolute Gasteiger partial charge is 0.508 e. The molecule has 2 atom stereocenters. The fourth-order valence-electron chi connectivity index (χ4n) is 4.79. The first-order valence-electron chi connectivity index (χ1n) is 14.2. The van der Waals surface area contributed by atoms with Gasteiger partial charge in [-0.05, 0) is 72.3 Å². The number of nitrogens with one attached hydrogen (secondary N) is 2. The van der Waals surface area contributed by atoms with Gasteiger partial charge in [0.1, 0.15) is 17.6 Å². The molecular weight excluding hydrogens is 554 g/mol. The van der Waals surface area contributed by atoms with E-state index in [1.807, 2.05) is 72.8 Å². The second kappa shape index (κ2) is 14.4. The predicted molar refractivity (Wildman–Crippen MR) is 174 cm³/mol. The summed E-state index contributed by atoms with van der Waals surface area (Å²) < 4.78 is 12.4. The summed E-state index contributed by atoms with van der Waals surface area (Å²) in [6.07, 6.45) is 1.87. The van der Waals surface area contributed by atoms with Crippen LogP contribution in [0, 0.1) is 0 Å². The number of amides is 2. The average molecular weight is 588 g/mol. The van der Waals surface area contributed by atoms with E-state index in [1.54, 1.807) is 42.5 Å². The molecule has 0 aliphatic heterocycles. The molecule has 0 saturated carbocycles. The van der Waals surface area contributed by atoms with Gasteiger partial charge in [0.15, 0.2) is 6.10 Å². The number of hydrogen-bond donors (Lipinski definition) is 4. The summed E-state index contributed by atoms with van der Waals surface area (Å²) in [6.45, 7) is 0. The van der Waals surface area contributed by atoms with Gasteiger partial charge in [-0.3, -0.25) is 10.1 Å². The molecule has 0 aliphatic rings. The molecule has 0 bridgehead atoms. The normalized spacial score (nSPS) is 12.4.